The molecule has 1 aliphatic heterocycles. The number of para-hydroxylation sites is 1. The van der Waals surface area contributed by atoms with E-state index in [4.69, 9.17) is 0 Å². The lowest BCUT2D eigenvalue weighted by Crippen LogP contribution is -2.57. The molecule has 3 aromatic carbocycles. The number of carbonyl (C=O) groups excluding carboxylic acids is 3. The molecule has 0 unspecified atom stereocenters. The molecule has 5 rings (SSSR count). The second-order valence-corrected chi connectivity index (χ2v) is 9.29. The molecule has 1 fully saturated rings. The van der Waals surface area contributed by atoms with Crippen molar-refractivity contribution >= 4 is 35.3 Å². The first-order valence-electron chi connectivity index (χ1n) is 12.1. The van der Waals surface area contributed by atoms with E-state index in [9.17, 15) is 14.4 Å². The summed E-state index contributed by atoms with van der Waals surface area (Å²) in [6, 6.07) is 25.2. The number of urea groups is 1. The highest BCUT2D eigenvalue weighted by Gasteiger charge is 2.43. The molecule has 1 aromatic heterocycles. The van der Waals surface area contributed by atoms with Gasteiger partial charge in [-0.15, -0.1) is 0 Å². The van der Waals surface area contributed by atoms with Crippen LogP contribution < -0.4 is 9.80 Å². The summed E-state index contributed by atoms with van der Waals surface area (Å²) in [6.07, 6.45) is 1.60. The molecule has 6 nitrogen and oxygen atoms in total. The van der Waals surface area contributed by atoms with Crippen molar-refractivity contribution in [1.82, 2.24) is 4.57 Å². The van der Waals surface area contributed by atoms with E-state index in [-0.39, 0.29) is 5.57 Å². The summed E-state index contributed by atoms with van der Waals surface area (Å²) in [5.74, 6) is -1.30. The van der Waals surface area contributed by atoms with Crippen LogP contribution in [0.25, 0.3) is 11.8 Å². The Hall–Kier alpha value is -4.71. The van der Waals surface area contributed by atoms with E-state index < -0.39 is 17.8 Å². The molecule has 0 N–H and O–H groups in total. The van der Waals surface area contributed by atoms with E-state index in [0.29, 0.717) is 11.4 Å². The Morgan fingerprint density at radius 2 is 1.08 bits per heavy atom. The zero-order chi connectivity index (χ0) is 26.3. The molecular formula is C31H27N3O3. The lowest BCUT2D eigenvalue weighted by molar-refractivity contribution is -0.121. The summed E-state index contributed by atoms with van der Waals surface area (Å²) < 4.78 is 2.08. The number of anilines is 2. The van der Waals surface area contributed by atoms with Crippen LogP contribution in [0.15, 0.2) is 90.5 Å². The fraction of sp³-hybridized carbons (Fsp3) is 0.129. The lowest BCUT2D eigenvalue weighted by atomic mass is 10.0. The van der Waals surface area contributed by atoms with Crippen LogP contribution in [-0.2, 0) is 9.59 Å². The first-order chi connectivity index (χ1) is 17.8. The average molecular weight is 490 g/mol. The smallest absolute Gasteiger partial charge is 0.318 e. The average Bonchev–Trinajstić information content (AvgIpc) is 3.16. The van der Waals surface area contributed by atoms with Crippen molar-refractivity contribution in [3.8, 4) is 5.69 Å². The van der Waals surface area contributed by atoms with Gasteiger partial charge < -0.3 is 4.57 Å². The van der Waals surface area contributed by atoms with Gasteiger partial charge in [0.2, 0.25) is 0 Å². The Labute approximate surface area is 216 Å². The lowest BCUT2D eigenvalue weighted by Gasteiger charge is -2.34. The summed E-state index contributed by atoms with van der Waals surface area (Å²) in [6.45, 7) is 7.90. The number of amides is 4. The largest absolute Gasteiger partial charge is 0.343 e. The highest BCUT2D eigenvalue weighted by atomic mass is 16.2. The van der Waals surface area contributed by atoms with E-state index in [1.165, 1.54) is 0 Å². The van der Waals surface area contributed by atoms with E-state index in [0.717, 1.165) is 43.6 Å². The number of aryl methyl sites for hydroxylation is 3. The number of hydrogen-bond acceptors (Lipinski definition) is 3. The molecule has 0 atom stereocenters. The van der Waals surface area contributed by atoms with Crippen molar-refractivity contribution in [2.45, 2.75) is 27.7 Å². The first kappa shape index (κ1) is 24.0. The Bertz CT molecular complexity index is 1550. The summed E-state index contributed by atoms with van der Waals surface area (Å²) in [5, 5.41) is 0. The molecule has 184 valence electrons. The van der Waals surface area contributed by atoms with Crippen LogP contribution in [0.5, 0.6) is 0 Å². The van der Waals surface area contributed by atoms with E-state index in [1.807, 2.05) is 76.2 Å². The maximum atomic E-state index is 13.7. The third-order valence-corrected chi connectivity index (χ3v) is 6.62. The van der Waals surface area contributed by atoms with Crippen LogP contribution >= 0.6 is 0 Å². The van der Waals surface area contributed by atoms with E-state index in [1.54, 1.807) is 42.5 Å². The zero-order valence-electron chi connectivity index (χ0n) is 21.2. The van der Waals surface area contributed by atoms with Gasteiger partial charge in [0, 0.05) is 17.1 Å². The molecule has 2 heterocycles. The van der Waals surface area contributed by atoms with Crippen molar-refractivity contribution in [3.63, 3.8) is 0 Å². The van der Waals surface area contributed by atoms with Crippen molar-refractivity contribution in [3.05, 3.63) is 119 Å². The van der Waals surface area contributed by atoms with Gasteiger partial charge >= 0.3 is 6.03 Å². The number of nitrogens with zero attached hydrogens (tertiary/aromatic N) is 3. The molecule has 0 saturated carbocycles. The standard InChI is InChI=1S/C31H27N3O3/c1-20-10-14-26(15-11-20)32-22(3)18-24(23(32)4)19-28-29(35)33(25-8-6-5-7-9-25)31(37)34(30(28)36)27-16-12-21(2)13-17-27/h5-19H,1-4H3/b28-19-. The van der Waals surface area contributed by atoms with Crippen LogP contribution in [0.1, 0.15) is 28.1 Å². The minimum Gasteiger partial charge on any atom is -0.318 e. The molecule has 1 aliphatic rings. The minimum atomic E-state index is -0.702. The summed E-state index contributed by atoms with van der Waals surface area (Å²) in [4.78, 5) is 43.1. The third-order valence-electron chi connectivity index (χ3n) is 6.62. The van der Waals surface area contributed by atoms with Gasteiger partial charge in [-0.2, -0.15) is 0 Å². The number of rotatable bonds is 4. The number of imide groups is 2. The minimum absolute atomic E-state index is 0.0758. The zero-order valence-corrected chi connectivity index (χ0v) is 21.2. The topological polar surface area (TPSA) is 62.6 Å². The van der Waals surface area contributed by atoms with Gasteiger partial charge in [-0.1, -0.05) is 53.6 Å². The SMILES string of the molecule is Cc1ccc(N2C(=O)/C(=C\c3cc(C)n(-c4ccc(C)cc4)c3C)C(=O)N(c3ccccc3)C2=O)cc1. The second kappa shape index (κ2) is 9.39. The molecule has 4 aromatic rings. The molecule has 0 spiro atoms. The van der Waals surface area contributed by atoms with Crippen LogP contribution in [0.4, 0.5) is 16.2 Å². The number of barbiturate groups is 1. The number of benzene rings is 3. The highest BCUT2D eigenvalue weighted by molar-refractivity contribution is 6.46. The van der Waals surface area contributed by atoms with Gasteiger partial charge in [0.05, 0.1) is 11.4 Å². The van der Waals surface area contributed by atoms with Gasteiger partial charge in [0.15, 0.2) is 0 Å². The quantitative estimate of drug-likeness (QED) is 0.250. The fourth-order valence-electron chi connectivity index (χ4n) is 4.64. The van der Waals surface area contributed by atoms with Crippen LogP contribution in [0.3, 0.4) is 0 Å². The van der Waals surface area contributed by atoms with Gasteiger partial charge in [0.1, 0.15) is 5.57 Å². The van der Waals surface area contributed by atoms with Gasteiger partial charge in [0.25, 0.3) is 11.8 Å². The summed E-state index contributed by atoms with van der Waals surface area (Å²) in [7, 11) is 0. The van der Waals surface area contributed by atoms with E-state index >= 15 is 0 Å². The second-order valence-electron chi connectivity index (χ2n) is 9.29. The molecule has 37 heavy (non-hydrogen) atoms. The predicted molar refractivity (Wildman–Crippen MR) is 146 cm³/mol. The van der Waals surface area contributed by atoms with Crippen molar-refractivity contribution in [2.24, 2.45) is 0 Å². The molecule has 1 saturated heterocycles. The van der Waals surface area contributed by atoms with Gasteiger partial charge in [-0.25, -0.2) is 14.6 Å². The van der Waals surface area contributed by atoms with Crippen LogP contribution in [0.2, 0.25) is 0 Å². The molecule has 4 amide bonds. The summed E-state index contributed by atoms with van der Waals surface area (Å²) in [5.41, 5.74) is 6.48. The summed E-state index contributed by atoms with van der Waals surface area (Å²) >= 11 is 0. The van der Waals surface area contributed by atoms with E-state index in [2.05, 4.69) is 4.57 Å². The highest BCUT2D eigenvalue weighted by Crippen LogP contribution is 2.31. The fourth-order valence-corrected chi connectivity index (χ4v) is 4.64. The van der Waals surface area contributed by atoms with Crippen molar-refractivity contribution < 1.29 is 14.4 Å². The maximum absolute atomic E-state index is 13.7. The molecule has 0 radical (unpaired) electrons. The normalized spacial score (nSPS) is 15.1. The number of hydrogen-bond donors (Lipinski definition) is 0. The van der Waals surface area contributed by atoms with Crippen molar-refractivity contribution in [2.75, 3.05) is 9.80 Å². The van der Waals surface area contributed by atoms with Crippen molar-refractivity contribution in [1.29, 1.82) is 0 Å². The Kier molecular flexibility index (Phi) is 6.09. The Morgan fingerprint density at radius 3 is 1.62 bits per heavy atom. The maximum Gasteiger partial charge on any atom is 0.343 e. The number of aromatic nitrogens is 1. The van der Waals surface area contributed by atoms with Crippen LogP contribution in [0, 0.1) is 27.7 Å². The third kappa shape index (κ3) is 4.27. The predicted octanol–water partition coefficient (Wildman–Crippen LogP) is 6.29. The molecule has 0 bridgehead atoms. The molecule has 0 aliphatic carbocycles. The van der Waals surface area contributed by atoms with Gasteiger partial charge in [-0.3, -0.25) is 9.59 Å². The monoisotopic (exact) mass is 489 g/mol. The van der Waals surface area contributed by atoms with Gasteiger partial charge in [-0.05, 0) is 81.8 Å². The molecular weight excluding hydrogens is 462 g/mol. The molecule has 6 heteroatoms. The Balaban J connectivity index is 1.65. The first-order valence-corrected chi connectivity index (χ1v) is 12.1. The number of carbonyl (C=O) groups is 3. The Morgan fingerprint density at radius 1 is 0.595 bits per heavy atom. The van der Waals surface area contributed by atoms with Crippen LogP contribution in [-0.4, -0.2) is 22.4 Å².